The van der Waals surface area contributed by atoms with Crippen molar-refractivity contribution in [1.82, 2.24) is 9.80 Å². The summed E-state index contributed by atoms with van der Waals surface area (Å²) >= 11 is 0. The van der Waals surface area contributed by atoms with Crippen molar-refractivity contribution in [2.75, 3.05) is 65.7 Å². The van der Waals surface area contributed by atoms with Crippen molar-refractivity contribution < 1.29 is 28.9 Å². The molecule has 8 nitrogen and oxygen atoms in total. The Balaban J connectivity index is 3.87. The zero-order valence-electron chi connectivity index (χ0n) is 35.7. The first kappa shape index (κ1) is 51.6. The molecule has 8 heteroatoms. The van der Waals surface area contributed by atoms with Crippen LogP contribution in [0.4, 0.5) is 4.79 Å². The number of aliphatic hydroxyl groups excluding tert-OH is 1. The molecule has 0 radical (unpaired) electrons. The molecule has 0 aromatic heterocycles. The van der Waals surface area contributed by atoms with Crippen LogP contribution in [0.25, 0.3) is 0 Å². The van der Waals surface area contributed by atoms with E-state index in [9.17, 15) is 14.7 Å². The van der Waals surface area contributed by atoms with Crippen LogP contribution in [0.5, 0.6) is 0 Å². The SMILES string of the molecule is CCCCCCCCCCCOC(=O)CCCCCN(CCO)CCCCCCCOC(=O)OCCN(CCCCCCCC)CCCCCCCC. The van der Waals surface area contributed by atoms with E-state index >= 15 is 0 Å². The molecule has 316 valence electrons. The van der Waals surface area contributed by atoms with E-state index < -0.39 is 6.16 Å². The number of carbonyl (C=O) groups is 2. The van der Waals surface area contributed by atoms with Gasteiger partial charge in [-0.2, -0.15) is 0 Å². The molecular formula is C45H90N2O6. The first-order chi connectivity index (χ1) is 26.1. The van der Waals surface area contributed by atoms with Gasteiger partial charge in [0, 0.05) is 19.5 Å². The zero-order valence-corrected chi connectivity index (χ0v) is 35.7. The number of rotatable bonds is 43. The van der Waals surface area contributed by atoms with Crippen LogP contribution in [-0.4, -0.2) is 92.7 Å². The third kappa shape index (κ3) is 40.1. The standard InChI is InChI=1S/C45H90N2O6/c1-4-7-10-13-16-17-18-23-31-41-51-44(49)33-26-25-30-35-46(38-40-48)34-27-22-19-24-32-42-52-45(50)53-43-39-47(36-28-20-14-11-8-5-2)37-29-21-15-12-9-6-3/h48H,4-43H2,1-3H3. The van der Waals surface area contributed by atoms with Crippen LogP contribution in [0.3, 0.4) is 0 Å². The summed E-state index contributed by atoms with van der Waals surface area (Å²) in [6, 6.07) is 0. The summed E-state index contributed by atoms with van der Waals surface area (Å²) in [5, 5.41) is 9.51. The maximum Gasteiger partial charge on any atom is 0.508 e. The number of ether oxygens (including phenoxy) is 3. The van der Waals surface area contributed by atoms with Crippen molar-refractivity contribution in [3.63, 3.8) is 0 Å². The molecular weight excluding hydrogens is 665 g/mol. The maximum absolute atomic E-state index is 12.2. The van der Waals surface area contributed by atoms with Crippen molar-refractivity contribution in [3.8, 4) is 0 Å². The fourth-order valence-electron chi connectivity index (χ4n) is 6.92. The Hall–Kier alpha value is -1.38. The highest BCUT2D eigenvalue weighted by Gasteiger charge is 2.10. The highest BCUT2D eigenvalue weighted by atomic mass is 16.7. The van der Waals surface area contributed by atoms with E-state index in [1.807, 2.05) is 0 Å². The van der Waals surface area contributed by atoms with E-state index in [0.29, 0.717) is 32.8 Å². The smallest absolute Gasteiger partial charge is 0.466 e. The fourth-order valence-corrected chi connectivity index (χ4v) is 6.92. The van der Waals surface area contributed by atoms with Gasteiger partial charge in [0.2, 0.25) is 0 Å². The molecule has 0 saturated carbocycles. The van der Waals surface area contributed by atoms with Crippen molar-refractivity contribution in [2.45, 2.75) is 213 Å². The van der Waals surface area contributed by atoms with Crippen LogP contribution in [0.1, 0.15) is 213 Å². The van der Waals surface area contributed by atoms with Crippen LogP contribution < -0.4 is 0 Å². The van der Waals surface area contributed by atoms with Gasteiger partial charge in [-0.15, -0.1) is 0 Å². The summed E-state index contributed by atoms with van der Waals surface area (Å²) in [5.74, 6) is -0.0569. The predicted octanol–water partition coefficient (Wildman–Crippen LogP) is 12.0. The lowest BCUT2D eigenvalue weighted by Crippen LogP contribution is -2.30. The number of nitrogens with zero attached hydrogens (tertiary/aromatic N) is 2. The molecule has 0 bridgehead atoms. The Morgan fingerprint density at radius 2 is 0.717 bits per heavy atom. The first-order valence-corrected chi connectivity index (χ1v) is 23.1. The molecule has 0 aliphatic heterocycles. The van der Waals surface area contributed by atoms with Crippen molar-refractivity contribution in [1.29, 1.82) is 0 Å². The minimum Gasteiger partial charge on any atom is -0.466 e. The average Bonchev–Trinajstić information content (AvgIpc) is 3.15. The second-order valence-electron chi connectivity index (χ2n) is 15.5. The summed E-state index contributed by atoms with van der Waals surface area (Å²) in [4.78, 5) is 29.1. The number of unbranched alkanes of at least 4 members (excludes halogenated alkanes) is 24. The van der Waals surface area contributed by atoms with Crippen molar-refractivity contribution in [2.24, 2.45) is 0 Å². The molecule has 0 aromatic carbocycles. The van der Waals surface area contributed by atoms with Crippen LogP contribution in [0, 0.1) is 0 Å². The molecule has 0 rings (SSSR count). The predicted molar refractivity (Wildman–Crippen MR) is 224 cm³/mol. The van der Waals surface area contributed by atoms with Gasteiger partial charge in [-0.05, 0) is 71.1 Å². The number of carbonyl (C=O) groups excluding carboxylic acids is 2. The molecule has 0 aliphatic carbocycles. The van der Waals surface area contributed by atoms with E-state index in [4.69, 9.17) is 14.2 Å². The van der Waals surface area contributed by atoms with Gasteiger partial charge >= 0.3 is 12.1 Å². The van der Waals surface area contributed by atoms with Gasteiger partial charge < -0.3 is 24.2 Å². The molecule has 0 amide bonds. The van der Waals surface area contributed by atoms with Crippen LogP contribution >= 0.6 is 0 Å². The summed E-state index contributed by atoms with van der Waals surface area (Å²) in [6.07, 6.45) is 35.1. The van der Waals surface area contributed by atoms with E-state index in [0.717, 1.165) is 96.9 Å². The minimum atomic E-state index is -0.533. The Labute approximate surface area is 329 Å². The molecule has 0 saturated heterocycles. The van der Waals surface area contributed by atoms with Crippen LogP contribution in [0.15, 0.2) is 0 Å². The molecule has 0 atom stereocenters. The number of esters is 1. The second kappa shape index (κ2) is 43.3. The first-order valence-electron chi connectivity index (χ1n) is 23.1. The van der Waals surface area contributed by atoms with Crippen molar-refractivity contribution >= 4 is 12.1 Å². The zero-order chi connectivity index (χ0) is 38.7. The molecule has 0 spiro atoms. The lowest BCUT2D eigenvalue weighted by atomic mass is 10.1. The lowest BCUT2D eigenvalue weighted by Gasteiger charge is -2.22. The number of hydrogen-bond acceptors (Lipinski definition) is 8. The lowest BCUT2D eigenvalue weighted by molar-refractivity contribution is -0.143. The molecule has 0 unspecified atom stereocenters. The molecule has 0 aromatic rings. The topological polar surface area (TPSA) is 88.5 Å². The third-order valence-electron chi connectivity index (χ3n) is 10.4. The summed E-state index contributed by atoms with van der Waals surface area (Å²) in [5.41, 5.74) is 0. The molecule has 0 fully saturated rings. The Bertz CT molecular complexity index is 738. The van der Waals surface area contributed by atoms with Gasteiger partial charge in [0.05, 0.1) is 19.8 Å². The summed E-state index contributed by atoms with van der Waals surface area (Å²) < 4.78 is 16.2. The van der Waals surface area contributed by atoms with Gasteiger partial charge in [0.1, 0.15) is 6.61 Å². The number of aliphatic hydroxyl groups is 1. The fraction of sp³-hybridized carbons (Fsp3) is 0.956. The van der Waals surface area contributed by atoms with E-state index in [-0.39, 0.29) is 12.6 Å². The average molecular weight is 755 g/mol. The van der Waals surface area contributed by atoms with E-state index in [1.165, 1.54) is 122 Å². The molecule has 0 heterocycles. The summed E-state index contributed by atoms with van der Waals surface area (Å²) in [6.45, 7) is 14.0. The maximum atomic E-state index is 12.2. The molecule has 0 aliphatic rings. The van der Waals surface area contributed by atoms with Crippen LogP contribution in [0.2, 0.25) is 0 Å². The molecule has 53 heavy (non-hydrogen) atoms. The highest BCUT2D eigenvalue weighted by molar-refractivity contribution is 5.69. The van der Waals surface area contributed by atoms with Gasteiger partial charge in [-0.3, -0.25) is 9.69 Å². The van der Waals surface area contributed by atoms with E-state index in [2.05, 4.69) is 30.6 Å². The van der Waals surface area contributed by atoms with Gasteiger partial charge in [0.15, 0.2) is 0 Å². The van der Waals surface area contributed by atoms with Crippen molar-refractivity contribution in [3.05, 3.63) is 0 Å². The Morgan fingerprint density at radius 3 is 1.15 bits per heavy atom. The highest BCUT2D eigenvalue weighted by Crippen LogP contribution is 2.12. The quantitative estimate of drug-likeness (QED) is 0.0486. The monoisotopic (exact) mass is 755 g/mol. The molecule has 1 N–H and O–H groups in total. The second-order valence-corrected chi connectivity index (χ2v) is 15.5. The minimum absolute atomic E-state index is 0.0569. The largest absolute Gasteiger partial charge is 0.508 e. The van der Waals surface area contributed by atoms with Gasteiger partial charge in [-0.25, -0.2) is 4.79 Å². The van der Waals surface area contributed by atoms with E-state index in [1.54, 1.807) is 0 Å². The van der Waals surface area contributed by atoms with Crippen LogP contribution in [-0.2, 0) is 19.0 Å². The third-order valence-corrected chi connectivity index (χ3v) is 10.4. The Morgan fingerprint density at radius 1 is 0.377 bits per heavy atom. The summed E-state index contributed by atoms with van der Waals surface area (Å²) in [7, 11) is 0. The van der Waals surface area contributed by atoms with Gasteiger partial charge in [0.25, 0.3) is 0 Å². The normalized spacial score (nSPS) is 11.5. The van der Waals surface area contributed by atoms with Gasteiger partial charge in [-0.1, -0.05) is 162 Å². The Kier molecular flexibility index (Phi) is 42.2. The number of hydrogen-bond donors (Lipinski definition) is 1.